The number of amides is 1. The van der Waals surface area contributed by atoms with Crippen LogP contribution in [0.4, 0.5) is 4.39 Å². The molecule has 0 aliphatic rings. The van der Waals surface area contributed by atoms with Crippen LogP contribution in [-0.4, -0.2) is 15.5 Å². The lowest BCUT2D eigenvalue weighted by molar-refractivity contribution is 0.0950. The van der Waals surface area contributed by atoms with Gasteiger partial charge < -0.3 is 9.88 Å². The number of aromatic nitrogens is 2. The summed E-state index contributed by atoms with van der Waals surface area (Å²) in [6.45, 7) is 4.32. The van der Waals surface area contributed by atoms with Crippen molar-refractivity contribution in [3.05, 3.63) is 65.7 Å². The molecule has 0 spiro atoms. The van der Waals surface area contributed by atoms with Gasteiger partial charge in [0.05, 0.1) is 17.4 Å². The highest BCUT2D eigenvalue weighted by molar-refractivity contribution is 5.97. The molecule has 2 aromatic carbocycles. The van der Waals surface area contributed by atoms with E-state index in [1.54, 1.807) is 36.7 Å². The molecule has 5 heteroatoms. The van der Waals surface area contributed by atoms with Gasteiger partial charge in [-0.05, 0) is 38.1 Å². The van der Waals surface area contributed by atoms with Crippen molar-refractivity contribution in [2.24, 2.45) is 0 Å². The molecule has 3 aromatic rings. The molecule has 0 radical (unpaired) electrons. The number of benzene rings is 2. The van der Waals surface area contributed by atoms with Crippen LogP contribution in [0, 0.1) is 5.82 Å². The van der Waals surface area contributed by atoms with Crippen LogP contribution in [0.15, 0.2) is 48.8 Å². The first-order valence-corrected chi connectivity index (χ1v) is 7.54. The minimum atomic E-state index is -0.320. The van der Waals surface area contributed by atoms with Crippen molar-refractivity contribution in [3.8, 4) is 0 Å². The second kappa shape index (κ2) is 6.20. The Kier molecular flexibility index (Phi) is 4.10. The number of fused-ring (bicyclic) bond motifs is 1. The summed E-state index contributed by atoms with van der Waals surface area (Å²) in [5.41, 5.74) is 2.75. The molecule has 3 rings (SSSR count). The summed E-state index contributed by atoms with van der Waals surface area (Å²) >= 11 is 0. The van der Waals surface area contributed by atoms with Crippen LogP contribution in [0.2, 0.25) is 0 Å². The predicted octanol–water partition coefficient (Wildman–Crippen LogP) is 3.69. The van der Waals surface area contributed by atoms with Crippen molar-refractivity contribution in [2.45, 2.75) is 26.4 Å². The Labute approximate surface area is 134 Å². The topological polar surface area (TPSA) is 46.9 Å². The van der Waals surface area contributed by atoms with E-state index in [2.05, 4.69) is 28.7 Å². The van der Waals surface area contributed by atoms with Crippen LogP contribution < -0.4 is 5.32 Å². The Morgan fingerprint density at radius 1 is 1.26 bits per heavy atom. The summed E-state index contributed by atoms with van der Waals surface area (Å²) in [5.74, 6) is -0.562. The molecule has 0 saturated carbocycles. The van der Waals surface area contributed by atoms with Crippen molar-refractivity contribution < 1.29 is 9.18 Å². The average Bonchev–Trinajstić information content (AvgIpc) is 2.97. The number of carbonyl (C=O) groups is 1. The molecule has 0 aliphatic heterocycles. The molecule has 0 saturated heterocycles. The van der Waals surface area contributed by atoms with Gasteiger partial charge in [0.1, 0.15) is 5.82 Å². The van der Waals surface area contributed by atoms with Gasteiger partial charge in [-0.25, -0.2) is 9.37 Å². The smallest absolute Gasteiger partial charge is 0.251 e. The van der Waals surface area contributed by atoms with Crippen LogP contribution >= 0.6 is 0 Å². The second-order valence-electron chi connectivity index (χ2n) is 5.72. The third-order valence-electron chi connectivity index (χ3n) is 3.79. The van der Waals surface area contributed by atoms with Gasteiger partial charge in [-0.2, -0.15) is 0 Å². The zero-order valence-electron chi connectivity index (χ0n) is 13.1. The fraction of sp³-hybridized carbons (Fsp3) is 0.222. The highest BCUT2D eigenvalue weighted by Crippen LogP contribution is 2.19. The van der Waals surface area contributed by atoms with Crippen LogP contribution in [0.1, 0.15) is 35.8 Å². The number of halogens is 1. The summed E-state index contributed by atoms with van der Waals surface area (Å²) in [4.78, 5) is 16.6. The van der Waals surface area contributed by atoms with E-state index in [4.69, 9.17) is 0 Å². The molecule has 1 heterocycles. The van der Waals surface area contributed by atoms with Crippen LogP contribution in [0.5, 0.6) is 0 Å². The fourth-order valence-electron chi connectivity index (χ4n) is 2.50. The third-order valence-corrected chi connectivity index (χ3v) is 3.79. The maximum atomic E-state index is 13.6. The number of hydrogen-bond donors (Lipinski definition) is 1. The van der Waals surface area contributed by atoms with Crippen LogP contribution in [0.25, 0.3) is 11.0 Å². The molecular formula is C18H18FN3O. The first-order valence-electron chi connectivity index (χ1n) is 7.54. The molecule has 1 aromatic heterocycles. The molecule has 0 atom stereocenters. The number of nitrogens with one attached hydrogen (secondary N) is 1. The van der Waals surface area contributed by atoms with Crippen molar-refractivity contribution in [1.82, 2.24) is 14.9 Å². The summed E-state index contributed by atoms with van der Waals surface area (Å²) < 4.78 is 15.6. The lowest BCUT2D eigenvalue weighted by atomic mass is 10.1. The van der Waals surface area contributed by atoms with E-state index in [0.717, 1.165) is 11.0 Å². The lowest BCUT2D eigenvalue weighted by Crippen LogP contribution is -2.23. The number of rotatable bonds is 4. The van der Waals surface area contributed by atoms with E-state index < -0.39 is 0 Å². The monoisotopic (exact) mass is 311 g/mol. The molecular weight excluding hydrogens is 293 g/mol. The standard InChI is InChI=1S/C18H18FN3O/c1-12(2)22-11-21-16-9-13(7-8-17(16)22)18(23)20-10-14-5-3-4-6-15(14)19/h3-9,11-12H,10H2,1-2H3,(H,20,23). The Bertz CT molecular complexity index is 854. The molecule has 118 valence electrons. The van der Waals surface area contributed by atoms with Gasteiger partial charge in [0, 0.05) is 23.7 Å². The Balaban J connectivity index is 1.77. The largest absolute Gasteiger partial charge is 0.348 e. The van der Waals surface area contributed by atoms with Gasteiger partial charge in [0.25, 0.3) is 5.91 Å². The van der Waals surface area contributed by atoms with E-state index in [1.165, 1.54) is 6.07 Å². The molecule has 0 aliphatic carbocycles. The molecule has 0 bridgehead atoms. The normalized spacial score (nSPS) is 11.1. The van der Waals surface area contributed by atoms with Crippen molar-refractivity contribution >= 4 is 16.9 Å². The van der Waals surface area contributed by atoms with Gasteiger partial charge in [-0.15, -0.1) is 0 Å². The van der Waals surface area contributed by atoms with Gasteiger partial charge in [0.15, 0.2) is 0 Å². The maximum absolute atomic E-state index is 13.6. The highest BCUT2D eigenvalue weighted by atomic mass is 19.1. The lowest BCUT2D eigenvalue weighted by Gasteiger charge is -2.09. The Morgan fingerprint density at radius 3 is 2.78 bits per heavy atom. The Morgan fingerprint density at radius 2 is 2.04 bits per heavy atom. The summed E-state index contributed by atoms with van der Waals surface area (Å²) in [7, 11) is 0. The zero-order chi connectivity index (χ0) is 16.4. The van der Waals surface area contributed by atoms with Crippen LogP contribution in [0.3, 0.4) is 0 Å². The first kappa shape index (κ1) is 15.2. The minimum absolute atomic E-state index is 0.157. The van der Waals surface area contributed by atoms with Gasteiger partial charge >= 0.3 is 0 Å². The third kappa shape index (κ3) is 3.08. The minimum Gasteiger partial charge on any atom is -0.348 e. The van der Waals surface area contributed by atoms with Crippen molar-refractivity contribution in [2.75, 3.05) is 0 Å². The molecule has 1 amide bonds. The van der Waals surface area contributed by atoms with Gasteiger partial charge in [0.2, 0.25) is 0 Å². The zero-order valence-corrected chi connectivity index (χ0v) is 13.1. The summed E-state index contributed by atoms with van der Waals surface area (Å²) in [6, 6.07) is 12.1. The Hall–Kier alpha value is -2.69. The van der Waals surface area contributed by atoms with Crippen LogP contribution in [-0.2, 0) is 6.54 Å². The van der Waals surface area contributed by atoms with E-state index in [-0.39, 0.29) is 18.3 Å². The van der Waals surface area contributed by atoms with Gasteiger partial charge in [-0.3, -0.25) is 4.79 Å². The van der Waals surface area contributed by atoms with Crippen molar-refractivity contribution in [1.29, 1.82) is 0 Å². The maximum Gasteiger partial charge on any atom is 0.251 e. The van der Waals surface area contributed by atoms with Gasteiger partial charge in [-0.1, -0.05) is 18.2 Å². The van der Waals surface area contributed by atoms with Crippen molar-refractivity contribution in [3.63, 3.8) is 0 Å². The highest BCUT2D eigenvalue weighted by Gasteiger charge is 2.11. The summed E-state index contributed by atoms with van der Waals surface area (Å²) in [5, 5.41) is 2.74. The van der Waals surface area contributed by atoms with E-state index in [0.29, 0.717) is 17.2 Å². The molecule has 1 N–H and O–H groups in total. The summed E-state index contributed by atoms with van der Waals surface area (Å²) in [6.07, 6.45) is 1.77. The molecule has 0 fully saturated rings. The number of imidazole rings is 1. The SMILES string of the molecule is CC(C)n1cnc2cc(C(=O)NCc3ccccc3F)ccc21. The van der Waals surface area contributed by atoms with E-state index in [1.807, 2.05) is 6.07 Å². The number of hydrogen-bond acceptors (Lipinski definition) is 2. The number of carbonyl (C=O) groups excluding carboxylic acids is 1. The molecule has 0 unspecified atom stereocenters. The average molecular weight is 311 g/mol. The first-order chi connectivity index (χ1) is 11.1. The quantitative estimate of drug-likeness (QED) is 0.799. The second-order valence-corrected chi connectivity index (χ2v) is 5.72. The molecule has 23 heavy (non-hydrogen) atoms. The predicted molar refractivity (Wildman–Crippen MR) is 87.7 cm³/mol. The number of nitrogens with zero attached hydrogens (tertiary/aromatic N) is 2. The molecule has 4 nitrogen and oxygen atoms in total. The fourth-order valence-corrected chi connectivity index (χ4v) is 2.50. The van der Waals surface area contributed by atoms with E-state index in [9.17, 15) is 9.18 Å². The van der Waals surface area contributed by atoms with E-state index >= 15 is 0 Å².